The molecule has 0 amide bonds. The van der Waals surface area contributed by atoms with Crippen molar-refractivity contribution in [1.29, 1.82) is 5.26 Å². The Kier molecular flexibility index (Phi) is 11.5. The van der Waals surface area contributed by atoms with E-state index in [-0.39, 0.29) is 31.8 Å². The van der Waals surface area contributed by atoms with Crippen LogP contribution >= 0.6 is 0 Å². The molecule has 0 spiro atoms. The lowest BCUT2D eigenvalue weighted by molar-refractivity contribution is -0.537. The van der Waals surface area contributed by atoms with Gasteiger partial charge >= 0.3 is 0 Å². The summed E-state index contributed by atoms with van der Waals surface area (Å²) >= 11 is 0. The van der Waals surface area contributed by atoms with Crippen LogP contribution in [0.2, 0.25) is 0 Å². The first-order valence-electron chi connectivity index (χ1n) is 14.4. The van der Waals surface area contributed by atoms with Crippen LogP contribution in [0.3, 0.4) is 0 Å². The van der Waals surface area contributed by atoms with E-state index < -0.39 is 28.6 Å². The molecule has 3 rings (SSSR count). The zero-order valence-corrected chi connectivity index (χ0v) is 25.3. The standard InChI is InChI=1S/C31H42N2O9/c1-7-20(4)31(19-32,22-17-27(39-8-2)29(37-5)30(38-6)28(22)40-9-3)15-14-24(34)23(33(35)36)16-21-18-41-25-12-10-11-13-26(25)42-21/h10-13,17,20-21,23-24,34H,7-9,14-16,18H2,1-6H3. The normalized spacial score (nSPS) is 17.6. The minimum atomic E-state index is -1.35. The smallest absolute Gasteiger partial charge is 0.242 e. The van der Waals surface area contributed by atoms with Gasteiger partial charge in [-0.15, -0.1) is 0 Å². The lowest BCUT2D eigenvalue weighted by Crippen LogP contribution is -2.42. The van der Waals surface area contributed by atoms with Gasteiger partial charge < -0.3 is 33.5 Å². The summed E-state index contributed by atoms with van der Waals surface area (Å²) in [5.74, 6) is 2.22. The Morgan fingerprint density at radius 3 is 2.36 bits per heavy atom. The summed E-state index contributed by atoms with van der Waals surface area (Å²) in [4.78, 5) is 11.7. The fraction of sp³-hybridized carbons (Fsp3) is 0.581. The predicted octanol–water partition coefficient (Wildman–Crippen LogP) is 5.33. The van der Waals surface area contributed by atoms with Crippen LogP contribution in [0, 0.1) is 27.4 Å². The lowest BCUT2D eigenvalue weighted by Gasteiger charge is -2.36. The van der Waals surface area contributed by atoms with E-state index >= 15 is 0 Å². The minimum absolute atomic E-state index is 0.0163. The molecule has 0 fully saturated rings. The summed E-state index contributed by atoms with van der Waals surface area (Å²) in [5.41, 5.74) is -0.677. The molecule has 42 heavy (non-hydrogen) atoms. The molecule has 5 unspecified atom stereocenters. The van der Waals surface area contributed by atoms with Gasteiger partial charge in [-0.1, -0.05) is 32.4 Å². The van der Waals surface area contributed by atoms with E-state index in [4.69, 9.17) is 28.4 Å². The van der Waals surface area contributed by atoms with E-state index in [0.29, 0.717) is 59.7 Å². The monoisotopic (exact) mass is 586 g/mol. The fourth-order valence-corrected chi connectivity index (χ4v) is 5.48. The average Bonchev–Trinajstić information content (AvgIpc) is 3.00. The van der Waals surface area contributed by atoms with Gasteiger partial charge in [0, 0.05) is 10.5 Å². The molecule has 11 heteroatoms. The Morgan fingerprint density at radius 1 is 1.12 bits per heavy atom. The number of hydrogen-bond donors (Lipinski definition) is 1. The number of nitriles is 1. The molecule has 0 radical (unpaired) electrons. The largest absolute Gasteiger partial charge is 0.490 e. The molecule has 0 aliphatic carbocycles. The maximum absolute atomic E-state index is 12.1. The molecule has 1 aliphatic heterocycles. The molecule has 0 saturated carbocycles. The third-order valence-electron chi connectivity index (χ3n) is 7.91. The van der Waals surface area contributed by atoms with Crippen molar-refractivity contribution < 1.29 is 38.5 Å². The fourth-order valence-electron chi connectivity index (χ4n) is 5.48. The Morgan fingerprint density at radius 2 is 1.79 bits per heavy atom. The topological polar surface area (TPSA) is 143 Å². The van der Waals surface area contributed by atoms with E-state index in [1.54, 1.807) is 24.3 Å². The van der Waals surface area contributed by atoms with Gasteiger partial charge in [-0.3, -0.25) is 10.1 Å². The first-order chi connectivity index (χ1) is 20.2. The first-order valence-corrected chi connectivity index (χ1v) is 14.4. The molecule has 0 aromatic heterocycles. The highest BCUT2D eigenvalue weighted by Gasteiger charge is 2.44. The average molecular weight is 587 g/mol. The highest BCUT2D eigenvalue weighted by molar-refractivity contribution is 5.65. The Hall–Kier alpha value is -3.91. The van der Waals surface area contributed by atoms with Crippen LogP contribution in [0.25, 0.3) is 0 Å². The highest BCUT2D eigenvalue weighted by Crippen LogP contribution is 2.53. The van der Waals surface area contributed by atoms with Crippen LogP contribution in [0.5, 0.6) is 34.5 Å². The number of nitro groups is 1. The zero-order valence-electron chi connectivity index (χ0n) is 25.3. The molecule has 1 N–H and O–H groups in total. The molecule has 1 heterocycles. The number of aliphatic hydroxyl groups excluding tert-OH is 1. The van der Waals surface area contributed by atoms with Gasteiger partial charge in [0.1, 0.15) is 18.8 Å². The predicted molar refractivity (Wildman–Crippen MR) is 156 cm³/mol. The van der Waals surface area contributed by atoms with E-state index in [1.807, 2.05) is 33.8 Å². The van der Waals surface area contributed by atoms with Crippen LogP contribution in [0.4, 0.5) is 0 Å². The summed E-state index contributed by atoms with van der Waals surface area (Å²) in [5, 5.41) is 34.1. The van der Waals surface area contributed by atoms with Gasteiger partial charge in [-0.2, -0.15) is 5.26 Å². The second kappa shape index (κ2) is 14.8. The summed E-state index contributed by atoms with van der Waals surface area (Å²) in [6.45, 7) is 8.34. The second-order valence-electron chi connectivity index (χ2n) is 10.3. The third kappa shape index (κ3) is 6.76. The number of aliphatic hydroxyl groups is 1. The Labute approximate surface area is 247 Å². The van der Waals surface area contributed by atoms with Crippen LogP contribution in [0.15, 0.2) is 30.3 Å². The van der Waals surface area contributed by atoms with Crippen molar-refractivity contribution in [2.24, 2.45) is 5.92 Å². The van der Waals surface area contributed by atoms with Crippen molar-refractivity contribution in [2.45, 2.75) is 77.0 Å². The lowest BCUT2D eigenvalue weighted by atomic mass is 9.67. The van der Waals surface area contributed by atoms with E-state index in [1.165, 1.54) is 14.2 Å². The summed E-state index contributed by atoms with van der Waals surface area (Å²) in [6, 6.07) is 10.0. The van der Waals surface area contributed by atoms with Crippen LogP contribution in [0.1, 0.15) is 58.9 Å². The molecular weight excluding hydrogens is 544 g/mol. The van der Waals surface area contributed by atoms with E-state index in [0.717, 1.165) is 0 Å². The molecule has 0 bridgehead atoms. The number of benzene rings is 2. The molecule has 2 aromatic rings. The number of nitrogens with zero attached hydrogens (tertiary/aromatic N) is 2. The number of rotatable bonds is 16. The number of fused-ring (bicyclic) bond motifs is 1. The van der Waals surface area contributed by atoms with Crippen molar-refractivity contribution in [2.75, 3.05) is 34.0 Å². The molecule has 11 nitrogen and oxygen atoms in total. The Bertz CT molecular complexity index is 1250. The van der Waals surface area contributed by atoms with Crippen LogP contribution in [-0.2, 0) is 5.41 Å². The SMILES string of the molecule is CCOc1cc(C(C#N)(CCC(O)C(CC2COc3ccccc3O2)[N+](=O)[O-])C(C)CC)c(OCC)c(OC)c1OC. The van der Waals surface area contributed by atoms with Crippen molar-refractivity contribution >= 4 is 0 Å². The minimum Gasteiger partial charge on any atom is -0.490 e. The molecule has 2 aromatic carbocycles. The quantitative estimate of drug-likeness (QED) is 0.203. The van der Waals surface area contributed by atoms with Crippen molar-refractivity contribution in [3.63, 3.8) is 0 Å². The molecule has 0 saturated heterocycles. The van der Waals surface area contributed by atoms with Gasteiger partial charge in [-0.05, 0) is 50.8 Å². The summed E-state index contributed by atoms with van der Waals surface area (Å²) in [7, 11) is 2.98. The zero-order chi connectivity index (χ0) is 30.9. The second-order valence-corrected chi connectivity index (χ2v) is 10.3. The van der Waals surface area contributed by atoms with Gasteiger partial charge in [0.2, 0.25) is 17.5 Å². The van der Waals surface area contributed by atoms with Crippen molar-refractivity contribution in [1.82, 2.24) is 0 Å². The van der Waals surface area contributed by atoms with Gasteiger partial charge in [0.05, 0.1) is 45.3 Å². The molecule has 230 valence electrons. The van der Waals surface area contributed by atoms with Crippen LogP contribution < -0.4 is 28.4 Å². The van der Waals surface area contributed by atoms with E-state index in [9.17, 15) is 20.5 Å². The Balaban J connectivity index is 1.97. The van der Waals surface area contributed by atoms with Crippen molar-refractivity contribution in [3.8, 4) is 40.6 Å². The highest BCUT2D eigenvalue weighted by atomic mass is 16.6. The maximum atomic E-state index is 12.1. The molecule has 5 atom stereocenters. The van der Waals surface area contributed by atoms with Gasteiger partial charge in [0.15, 0.2) is 23.0 Å². The molecular formula is C31H42N2O9. The van der Waals surface area contributed by atoms with E-state index in [2.05, 4.69) is 6.07 Å². The van der Waals surface area contributed by atoms with Gasteiger partial charge in [0.25, 0.3) is 0 Å². The third-order valence-corrected chi connectivity index (χ3v) is 7.91. The van der Waals surface area contributed by atoms with Crippen LogP contribution in [-0.4, -0.2) is 62.3 Å². The number of methoxy groups -OCH3 is 2. The number of ether oxygens (including phenoxy) is 6. The maximum Gasteiger partial charge on any atom is 0.242 e. The van der Waals surface area contributed by atoms with Crippen molar-refractivity contribution in [3.05, 3.63) is 46.0 Å². The number of hydrogen-bond acceptors (Lipinski definition) is 10. The summed E-state index contributed by atoms with van der Waals surface area (Å²) in [6.07, 6.45) is -1.28. The first kappa shape index (κ1) is 32.6. The van der Waals surface area contributed by atoms with Gasteiger partial charge in [-0.25, -0.2) is 0 Å². The summed E-state index contributed by atoms with van der Waals surface area (Å²) < 4.78 is 34.9. The number of para-hydroxylation sites is 2. The molecule has 1 aliphatic rings.